The summed E-state index contributed by atoms with van der Waals surface area (Å²) < 4.78 is 27.9. The molecule has 4 N–H and O–H groups in total. The Hall–Kier alpha value is -3.59. The van der Waals surface area contributed by atoms with Crippen LogP contribution in [0.5, 0.6) is 0 Å². The molecule has 8 nitrogen and oxygen atoms in total. The van der Waals surface area contributed by atoms with Gasteiger partial charge in [-0.1, -0.05) is 0 Å². The molecule has 0 saturated carbocycles. The Morgan fingerprint density at radius 1 is 0.964 bits per heavy atom. The molecule has 2 aromatic heterocycles. The highest BCUT2D eigenvalue weighted by Crippen LogP contribution is 2.25. The summed E-state index contributed by atoms with van der Waals surface area (Å²) in [6, 6.07) is 12.5. The maximum absolute atomic E-state index is 12.7. The number of pyridine rings is 1. The first-order valence-electron chi connectivity index (χ1n) is 8.37. The fourth-order valence-corrected chi connectivity index (χ4v) is 4.09. The van der Waals surface area contributed by atoms with Crippen LogP contribution in [0.25, 0.3) is 21.8 Å². The first-order valence-corrected chi connectivity index (χ1v) is 9.85. The molecule has 0 atom stereocenters. The van der Waals surface area contributed by atoms with Crippen LogP contribution in [0.1, 0.15) is 6.92 Å². The van der Waals surface area contributed by atoms with E-state index in [-0.39, 0.29) is 16.4 Å². The lowest BCUT2D eigenvalue weighted by atomic mass is 10.1. The van der Waals surface area contributed by atoms with Crippen LogP contribution in [0, 0.1) is 0 Å². The summed E-state index contributed by atoms with van der Waals surface area (Å²) >= 11 is 0. The van der Waals surface area contributed by atoms with Gasteiger partial charge in [-0.3, -0.25) is 14.3 Å². The minimum Gasteiger partial charge on any atom is -0.357 e. The van der Waals surface area contributed by atoms with Crippen LogP contribution in [0.4, 0.5) is 11.4 Å². The van der Waals surface area contributed by atoms with Gasteiger partial charge in [0.05, 0.1) is 4.90 Å². The van der Waals surface area contributed by atoms with E-state index in [9.17, 15) is 18.0 Å². The van der Waals surface area contributed by atoms with Gasteiger partial charge in [-0.25, -0.2) is 8.42 Å². The van der Waals surface area contributed by atoms with E-state index in [1.807, 2.05) is 0 Å². The Morgan fingerprint density at radius 3 is 2.39 bits per heavy atom. The van der Waals surface area contributed by atoms with E-state index >= 15 is 0 Å². The van der Waals surface area contributed by atoms with Gasteiger partial charge in [-0.05, 0) is 48.5 Å². The summed E-state index contributed by atoms with van der Waals surface area (Å²) in [4.78, 5) is 28.8. The number of nitrogens with one attached hydrogen (secondary N) is 4. The number of anilines is 2. The lowest BCUT2D eigenvalue weighted by molar-refractivity contribution is -0.114. The highest BCUT2D eigenvalue weighted by atomic mass is 32.2. The van der Waals surface area contributed by atoms with Crippen LogP contribution >= 0.6 is 0 Å². The third-order valence-electron chi connectivity index (χ3n) is 4.27. The molecule has 2 aromatic carbocycles. The second-order valence-electron chi connectivity index (χ2n) is 6.29. The van der Waals surface area contributed by atoms with Crippen molar-refractivity contribution >= 4 is 49.1 Å². The van der Waals surface area contributed by atoms with Gasteiger partial charge in [0.25, 0.3) is 15.6 Å². The molecule has 0 saturated heterocycles. The maximum atomic E-state index is 12.7. The zero-order valence-electron chi connectivity index (χ0n) is 14.7. The molecule has 142 valence electrons. The van der Waals surface area contributed by atoms with Gasteiger partial charge in [-0.15, -0.1) is 0 Å². The summed E-state index contributed by atoms with van der Waals surface area (Å²) in [6.45, 7) is 1.38. The molecule has 0 aliphatic carbocycles. The number of benzene rings is 2. The zero-order valence-corrected chi connectivity index (χ0v) is 15.6. The summed E-state index contributed by atoms with van der Waals surface area (Å²) in [5, 5.41) is 4.01. The first-order chi connectivity index (χ1) is 13.3. The van der Waals surface area contributed by atoms with Crippen molar-refractivity contribution in [3.05, 3.63) is 65.1 Å². The summed E-state index contributed by atoms with van der Waals surface area (Å²) in [5.41, 5.74) is 1.69. The van der Waals surface area contributed by atoms with Crippen molar-refractivity contribution in [2.45, 2.75) is 11.8 Å². The topological polar surface area (TPSA) is 124 Å². The van der Waals surface area contributed by atoms with Gasteiger partial charge in [0.1, 0.15) is 5.52 Å². The predicted octanol–water partition coefficient (Wildman–Crippen LogP) is 2.77. The van der Waals surface area contributed by atoms with Gasteiger partial charge in [0, 0.05) is 40.8 Å². The molecule has 9 heteroatoms. The zero-order chi connectivity index (χ0) is 19.9. The number of carbonyl (C=O) groups is 1. The molecule has 1 amide bonds. The number of carbonyl (C=O) groups excluding carboxylic acids is 1. The van der Waals surface area contributed by atoms with E-state index in [0.717, 1.165) is 5.39 Å². The lowest BCUT2D eigenvalue weighted by Crippen LogP contribution is -2.13. The van der Waals surface area contributed by atoms with E-state index in [1.54, 1.807) is 30.5 Å². The number of fused-ring (bicyclic) bond motifs is 3. The molecule has 0 radical (unpaired) electrons. The van der Waals surface area contributed by atoms with Crippen LogP contribution in [-0.4, -0.2) is 24.3 Å². The third kappa shape index (κ3) is 3.23. The largest absolute Gasteiger partial charge is 0.357 e. The average Bonchev–Trinajstić information content (AvgIpc) is 3.13. The Kier molecular flexibility index (Phi) is 4.16. The van der Waals surface area contributed by atoms with Crippen LogP contribution in [0.2, 0.25) is 0 Å². The number of rotatable bonds is 4. The molecule has 4 rings (SSSR count). The molecule has 0 fully saturated rings. The fraction of sp³-hybridized carbons (Fsp3) is 0.0526. The molecule has 0 aliphatic heterocycles. The number of amides is 1. The van der Waals surface area contributed by atoms with Crippen molar-refractivity contribution in [3.8, 4) is 0 Å². The Morgan fingerprint density at radius 2 is 1.68 bits per heavy atom. The fourth-order valence-electron chi connectivity index (χ4n) is 3.04. The summed E-state index contributed by atoms with van der Waals surface area (Å²) in [7, 11) is -3.82. The third-order valence-corrected chi connectivity index (χ3v) is 5.67. The maximum Gasteiger partial charge on any atom is 0.272 e. The summed E-state index contributed by atoms with van der Waals surface area (Å²) in [5.74, 6) is -0.237. The standard InChI is InChI=1S/C19H16N4O4S/c1-11(24)21-12-2-5-14(6-3-12)28(26,27)23-13-4-7-17-16(10-13)15-8-9-20-18(15)19(25)22-17/h2-10,20,23H,1H3,(H,21,24)(H,22,25). The van der Waals surface area contributed by atoms with Gasteiger partial charge in [0.2, 0.25) is 5.91 Å². The number of hydrogen-bond donors (Lipinski definition) is 4. The van der Waals surface area contributed by atoms with Crippen molar-refractivity contribution in [1.29, 1.82) is 0 Å². The second kappa shape index (κ2) is 6.54. The molecule has 28 heavy (non-hydrogen) atoms. The average molecular weight is 396 g/mol. The minimum atomic E-state index is -3.82. The van der Waals surface area contributed by atoms with E-state index in [2.05, 4.69) is 20.0 Å². The van der Waals surface area contributed by atoms with Gasteiger partial charge in [0.15, 0.2) is 0 Å². The van der Waals surface area contributed by atoms with Gasteiger partial charge in [-0.2, -0.15) is 0 Å². The van der Waals surface area contributed by atoms with Gasteiger partial charge >= 0.3 is 0 Å². The van der Waals surface area contributed by atoms with Crippen molar-refractivity contribution in [2.75, 3.05) is 10.0 Å². The molecule has 4 aromatic rings. The number of aromatic amines is 2. The van der Waals surface area contributed by atoms with Crippen molar-refractivity contribution in [2.24, 2.45) is 0 Å². The highest BCUT2D eigenvalue weighted by Gasteiger charge is 2.15. The number of aromatic nitrogens is 2. The Balaban J connectivity index is 1.69. The summed E-state index contributed by atoms with van der Waals surface area (Å²) in [6.07, 6.45) is 1.66. The normalized spacial score (nSPS) is 11.6. The second-order valence-corrected chi connectivity index (χ2v) is 7.97. The quantitative estimate of drug-likeness (QED) is 0.423. The predicted molar refractivity (Wildman–Crippen MR) is 108 cm³/mol. The van der Waals surface area contributed by atoms with E-state index in [4.69, 9.17) is 0 Å². The van der Waals surface area contributed by atoms with Crippen LogP contribution in [0.3, 0.4) is 0 Å². The number of H-pyrrole nitrogens is 2. The van der Waals surface area contributed by atoms with E-state index < -0.39 is 10.0 Å². The molecule has 0 spiro atoms. The van der Waals surface area contributed by atoms with Crippen LogP contribution < -0.4 is 15.6 Å². The van der Waals surface area contributed by atoms with E-state index in [1.165, 1.54) is 31.2 Å². The number of hydrogen-bond acceptors (Lipinski definition) is 4. The molecule has 0 bridgehead atoms. The Bertz CT molecular complexity index is 1370. The van der Waals surface area contributed by atoms with Crippen molar-refractivity contribution in [3.63, 3.8) is 0 Å². The monoisotopic (exact) mass is 396 g/mol. The molecule has 0 unspecified atom stereocenters. The Labute approximate surface area is 159 Å². The molecule has 0 aliphatic rings. The van der Waals surface area contributed by atoms with Gasteiger partial charge < -0.3 is 15.3 Å². The molecular weight excluding hydrogens is 380 g/mol. The SMILES string of the molecule is CC(=O)Nc1ccc(S(=O)(=O)Nc2ccc3[nH]c(=O)c4[nH]ccc4c3c2)cc1. The van der Waals surface area contributed by atoms with Crippen LogP contribution in [0.15, 0.2) is 64.4 Å². The van der Waals surface area contributed by atoms with E-state index in [0.29, 0.717) is 27.8 Å². The van der Waals surface area contributed by atoms with Crippen molar-refractivity contribution in [1.82, 2.24) is 9.97 Å². The first kappa shape index (κ1) is 17.8. The number of sulfonamides is 1. The molecule has 2 heterocycles. The van der Waals surface area contributed by atoms with Crippen LogP contribution in [-0.2, 0) is 14.8 Å². The highest BCUT2D eigenvalue weighted by molar-refractivity contribution is 7.92. The lowest BCUT2D eigenvalue weighted by Gasteiger charge is -2.10. The smallest absolute Gasteiger partial charge is 0.272 e. The van der Waals surface area contributed by atoms with Crippen molar-refractivity contribution < 1.29 is 13.2 Å². The minimum absolute atomic E-state index is 0.0648. The molecular formula is C19H16N4O4S.